The molecule has 2 aliphatic rings. The summed E-state index contributed by atoms with van der Waals surface area (Å²) in [4.78, 5) is 12.9. The second-order valence-corrected chi connectivity index (χ2v) is 9.85. The smallest absolute Gasteiger partial charge is 0.251 e. The number of sulfonamides is 1. The molecule has 1 saturated carbocycles. The van der Waals surface area contributed by atoms with E-state index in [1.807, 2.05) is 6.92 Å². The Labute approximate surface area is 168 Å². The zero-order valence-corrected chi connectivity index (χ0v) is 17.8. The summed E-state index contributed by atoms with van der Waals surface area (Å²) in [6, 6.07) is 4.82. The van der Waals surface area contributed by atoms with Crippen LogP contribution in [-0.4, -0.2) is 44.4 Å². The highest BCUT2D eigenvalue weighted by Crippen LogP contribution is 2.31. The molecule has 28 heavy (non-hydrogen) atoms. The quantitative estimate of drug-likeness (QED) is 0.754. The number of ether oxygens (including phenoxy) is 1. The summed E-state index contributed by atoms with van der Waals surface area (Å²) in [5, 5.41) is 3.09. The van der Waals surface area contributed by atoms with Crippen molar-refractivity contribution in [2.24, 2.45) is 0 Å². The van der Waals surface area contributed by atoms with Gasteiger partial charge in [-0.2, -0.15) is 4.31 Å². The van der Waals surface area contributed by atoms with Crippen LogP contribution in [0.25, 0.3) is 0 Å². The van der Waals surface area contributed by atoms with Crippen molar-refractivity contribution in [3.8, 4) is 5.75 Å². The van der Waals surface area contributed by atoms with E-state index in [-0.39, 0.29) is 28.6 Å². The summed E-state index contributed by atoms with van der Waals surface area (Å²) in [5.74, 6) is 0.0708. The van der Waals surface area contributed by atoms with Gasteiger partial charge in [-0.3, -0.25) is 4.79 Å². The van der Waals surface area contributed by atoms with Gasteiger partial charge in [0.2, 0.25) is 10.0 Å². The van der Waals surface area contributed by atoms with E-state index in [4.69, 9.17) is 4.74 Å². The minimum Gasteiger partial charge on any atom is -0.495 e. The molecular weight excluding hydrogens is 376 g/mol. The van der Waals surface area contributed by atoms with Crippen molar-refractivity contribution in [2.45, 2.75) is 81.7 Å². The molecule has 0 aromatic heterocycles. The maximum absolute atomic E-state index is 13.3. The third kappa shape index (κ3) is 4.69. The normalized spacial score (nSPS) is 22.4. The van der Waals surface area contributed by atoms with Crippen molar-refractivity contribution in [3.05, 3.63) is 23.8 Å². The molecular formula is C21H32N2O4S. The number of nitrogens with one attached hydrogen (secondary N) is 1. The largest absolute Gasteiger partial charge is 0.495 e. The fourth-order valence-corrected chi connectivity index (χ4v) is 6.15. The van der Waals surface area contributed by atoms with Gasteiger partial charge in [-0.1, -0.05) is 32.1 Å². The Morgan fingerprint density at radius 3 is 2.39 bits per heavy atom. The molecule has 1 N–H and O–H groups in total. The van der Waals surface area contributed by atoms with Crippen LogP contribution < -0.4 is 10.1 Å². The van der Waals surface area contributed by atoms with Crippen molar-refractivity contribution in [1.29, 1.82) is 0 Å². The average molecular weight is 409 g/mol. The van der Waals surface area contributed by atoms with Crippen LogP contribution in [0.3, 0.4) is 0 Å². The van der Waals surface area contributed by atoms with Gasteiger partial charge in [0.1, 0.15) is 10.6 Å². The Morgan fingerprint density at radius 1 is 1.07 bits per heavy atom. The van der Waals surface area contributed by atoms with Crippen LogP contribution in [-0.2, 0) is 10.0 Å². The summed E-state index contributed by atoms with van der Waals surface area (Å²) in [6.45, 7) is 2.44. The molecule has 0 spiro atoms. The Morgan fingerprint density at radius 2 is 1.75 bits per heavy atom. The maximum atomic E-state index is 13.3. The van der Waals surface area contributed by atoms with Crippen molar-refractivity contribution >= 4 is 15.9 Å². The van der Waals surface area contributed by atoms with Gasteiger partial charge >= 0.3 is 0 Å². The van der Waals surface area contributed by atoms with Crippen LogP contribution in [0.2, 0.25) is 0 Å². The molecule has 0 unspecified atom stereocenters. The molecule has 0 radical (unpaired) electrons. The van der Waals surface area contributed by atoms with Gasteiger partial charge in [0.15, 0.2) is 0 Å². The van der Waals surface area contributed by atoms with Crippen LogP contribution >= 0.6 is 0 Å². The lowest BCUT2D eigenvalue weighted by atomic mass is 10.1. The Kier molecular flexibility index (Phi) is 6.99. The number of carbonyl (C=O) groups excluding carboxylic acids is 1. The standard InChI is InChI=1S/C21H32N2O4S/c1-16-9-7-8-14-23(16)28(25,26)20-15-17(12-13-19(20)27-2)21(24)22-18-10-5-3-4-6-11-18/h12-13,15-16,18H,3-11,14H2,1-2H3,(H,22,24)/t16-/m0/s1. The first kappa shape index (κ1) is 21.1. The zero-order valence-electron chi connectivity index (χ0n) is 16.9. The number of benzene rings is 1. The van der Waals surface area contributed by atoms with E-state index in [0.717, 1.165) is 44.9 Å². The summed E-state index contributed by atoms with van der Waals surface area (Å²) in [5.41, 5.74) is 0.369. The van der Waals surface area contributed by atoms with Gasteiger partial charge in [-0.15, -0.1) is 0 Å². The number of hydrogen-bond acceptors (Lipinski definition) is 4. The molecule has 1 aliphatic carbocycles. The third-order valence-corrected chi connectivity index (χ3v) is 7.98. The molecule has 6 nitrogen and oxygen atoms in total. The Balaban J connectivity index is 1.86. The van der Waals surface area contributed by atoms with Crippen molar-refractivity contribution in [3.63, 3.8) is 0 Å². The molecule has 1 amide bonds. The van der Waals surface area contributed by atoms with E-state index in [2.05, 4.69) is 5.32 Å². The number of piperidine rings is 1. The van der Waals surface area contributed by atoms with Crippen LogP contribution in [0.15, 0.2) is 23.1 Å². The van der Waals surface area contributed by atoms with E-state index in [0.29, 0.717) is 12.1 Å². The van der Waals surface area contributed by atoms with E-state index in [9.17, 15) is 13.2 Å². The fourth-order valence-electron chi connectivity index (χ4n) is 4.27. The minimum atomic E-state index is -3.72. The molecule has 2 fully saturated rings. The first-order valence-corrected chi connectivity index (χ1v) is 11.9. The number of carbonyl (C=O) groups is 1. The van der Waals surface area contributed by atoms with E-state index in [1.54, 1.807) is 16.4 Å². The van der Waals surface area contributed by atoms with Crippen LogP contribution in [0.5, 0.6) is 5.75 Å². The van der Waals surface area contributed by atoms with Crippen LogP contribution in [0.4, 0.5) is 0 Å². The number of amides is 1. The molecule has 7 heteroatoms. The van der Waals surface area contributed by atoms with E-state index in [1.165, 1.54) is 26.0 Å². The van der Waals surface area contributed by atoms with E-state index < -0.39 is 10.0 Å². The molecule has 1 aromatic carbocycles. The molecule has 1 heterocycles. The van der Waals surface area contributed by atoms with Gasteiger partial charge in [0.05, 0.1) is 7.11 Å². The SMILES string of the molecule is COc1ccc(C(=O)NC2CCCCCC2)cc1S(=O)(=O)N1CCCC[C@@H]1C. The highest BCUT2D eigenvalue weighted by Gasteiger charge is 2.33. The second-order valence-electron chi connectivity index (χ2n) is 7.99. The maximum Gasteiger partial charge on any atom is 0.251 e. The summed E-state index contributed by atoms with van der Waals surface area (Å²) in [7, 11) is -2.26. The number of nitrogens with zero attached hydrogens (tertiary/aromatic N) is 1. The van der Waals surface area contributed by atoms with Crippen LogP contribution in [0.1, 0.15) is 75.1 Å². The summed E-state index contributed by atoms with van der Waals surface area (Å²) < 4.78 is 33.5. The summed E-state index contributed by atoms with van der Waals surface area (Å²) in [6.07, 6.45) is 9.39. The fraction of sp³-hybridized carbons (Fsp3) is 0.667. The lowest BCUT2D eigenvalue weighted by Crippen LogP contribution is -2.42. The number of methoxy groups -OCH3 is 1. The predicted octanol–water partition coefficient (Wildman–Crippen LogP) is 3.71. The highest BCUT2D eigenvalue weighted by molar-refractivity contribution is 7.89. The third-order valence-electron chi connectivity index (χ3n) is 5.94. The number of rotatable bonds is 5. The molecule has 1 atom stereocenters. The minimum absolute atomic E-state index is 0.0491. The molecule has 1 aromatic rings. The van der Waals surface area contributed by atoms with Gasteiger partial charge < -0.3 is 10.1 Å². The summed E-state index contributed by atoms with van der Waals surface area (Å²) >= 11 is 0. The Hall–Kier alpha value is -1.60. The highest BCUT2D eigenvalue weighted by atomic mass is 32.2. The zero-order chi connectivity index (χ0) is 20.1. The predicted molar refractivity (Wildman–Crippen MR) is 109 cm³/mol. The van der Waals surface area contributed by atoms with Gasteiger partial charge in [-0.05, 0) is 50.8 Å². The molecule has 1 aliphatic heterocycles. The molecule has 3 rings (SSSR count). The lowest BCUT2D eigenvalue weighted by molar-refractivity contribution is 0.0933. The first-order chi connectivity index (χ1) is 13.4. The monoisotopic (exact) mass is 408 g/mol. The average Bonchev–Trinajstić information content (AvgIpc) is 2.96. The topological polar surface area (TPSA) is 75.7 Å². The number of hydrogen-bond donors (Lipinski definition) is 1. The van der Waals surface area contributed by atoms with Crippen molar-refractivity contribution in [2.75, 3.05) is 13.7 Å². The lowest BCUT2D eigenvalue weighted by Gasteiger charge is -2.32. The van der Waals surface area contributed by atoms with Crippen LogP contribution in [0, 0.1) is 0 Å². The first-order valence-electron chi connectivity index (χ1n) is 10.4. The van der Waals surface area contributed by atoms with Crippen molar-refractivity contribution < 1.29 is 17.9 Å². The van der Waals surface area contributed by atoms with Gasteiger partial charge in [0, 0.05) is 24.2 Å². The second kappa shape index (κ2) is 9.27. The van der Waals surface area contributed by atoms with E-state index >= 15 is 0 Å². The van der Waals surface area contributed by atoms with Crippen molar-refractivity contribution in [1.82, 2.24) is 9.62 Å². The Bertz CT molecular complexity index is 786. The molecule has 156 valence electrons. The molecule has 0 bridgehead atoms. The molecule has 1 saturated heterocycles. The van der Waals surface area contributed by atoms with Gasteiger partial charge in [-0.25, -0.2) is 8.42 Å². The van der Waals surface area contributed by atoms with Gasteiger partial charge in [0.25, 0.3) is 5.91 Å².